The Bertz CT molecular complexity index is 270. The van der Waals surface area contributed by atoms with Crippen LogP contribution in [0.2, 0.25) is 0 Å². The third kappa shape index (κ3) is 4.76. The Morgan fingerprint density at radius 3 is 3.11 bits per heavy atom. The number of nitrogens with one attached hydrogen (secondary N) is 1. The molecular weight excluding hydrogens is 250 g/mol. The molecule has 5 nitrogen and oxygen atoms in total. The molecule has 2 fully saturated rings. The van der Waals surface area contributed by atoms with E-state index in [4.69, 9.17) is 9.47 Å². The van der Waals surface area contributed by atoms with Crippen LogP contribution in [-0.2, 0) is 9.47 Å². The highest BCUT2D eigenvalue weighted by Gasteiger charge is 2.19. The maximum Gasteiger partial charge on any atom is 0.156 e. The number of hydrogen-bond donors (Lipinski definition) is 1. The van der Waals surface area contributed by atoms with Crippen LogP contribution in [0.1, 0.15) is 6.42 Å². The van der Waals surface area contributed by atoms with E-state index in [1.54, 1.807) is 7.11 Å². The van der Waals surface area contributed by atoms with Crippen molar-refractivity contribution in [1.82, 2.24) is 10.2 Å². The number of nitrogens with zero attached hydrogens (tertiary/aromatic N) is 2. The van der Waals surface area contributed by atoms with E-state index in [0.717, 1.165) is 63.3 Å². The summed E-state index contributed by atoms with van der Waals surface area (Å²) < 4.78 is 10.4. The number of ether oxygens (including phenoxy) is 2. The smallest absolute Gasteiger partial charge is 0.156 e. The maximum absolute atomic E-state index is 5.33. The molecular formula is C12H23N3O2S. The highest BCUT2D eigenvalue weighted by atomic mass is 32.2. The summed E-state index contributed by atoms with van der Waals surface area (Å²) in [7, 11) is 1.75. The van der Waals surface area contributed by atoms with Gasteiger partial charge >= 0.3 is 0 Å². The zero-order valence-electron chi connectivity index (χ0n) is 11.1. The van der Waals surface area contributed by atoms with Crippen LogP contribution in [0.4, 0.5) is 0 Å². The monoisotopic (exact) mass is 273 g/mol. The van der Waals surface area contributed by atoms with E-state index in [2.05, 4.69) is 15.2 Å². The number of morpholine rings is 1. The van der Waals surface area contributed by atoms with Gasteiger partial charge in [0.1, 0.15) is 0 Å². The predicted octanol–water partition coefficient (Wildman–Crippen LogP) is 0.416. The SMILES string of the molecule is COCCC1CSC(=NCCN2CCOCC2)N1. The van der Waals surface area contributed by atoms with Crippen molar-refractivity contribution in [3.8, 4) is 0 Å². The van der Waals surface area contributed by atoms with Gasteiger partial charge in [-0.2, -0.15) is 0 Å². The largest absolute Gasteiger partial charge is 0.385 e. The standard InChI is InChI=1S/C12H23N3O2S/c1-16-7-2-11-10-18-12(14-11)13-3-4-15-5-8-17-9-6-15/h11H,2-10H2,1H3,(H,13,14). The Morgan fingerprint density at radius 2 is 2.33 bits per heavy atom. The molecule has 0 aliphatic carbocycles. The Hall–Kier alpha value is -0.300. The van der Waals surface area contributed by atoms with Gasteiger partial charge < -0.3 is 14.8 Å². The molecule has 1 N–H and O–H groups in total. The number of rotatable bonds is 6. The molecule has 6 heteroatoms. The van der Waals surface area contributed by atoms with Crippen molar-refractivity contribution in [3.05, 3.63) is 0 Å². The summed E-state index contributed by atoms with van der Waals surface area (Å²) in [6.45, 7) is 6.55. The highest BCUT2D eigenvalue weighted by Crippen LogP contribution is 2.15. The van der Waals surface area contributed by atoms with Crippen LogP contribution < -0.4 is 5.32 Å². The first-order valence-corrected chi connectivity index (χ1v) is 7.60. The maximum atomic E-state index is 5.33. The summed E-state index contributed by atoms with van der Waals surface area (Å²) in [5, 5.41) is 4.55. The molecule has 0 aromatic heterocycles. The molecule has 0 radical (unpaired) electrons. The van der Waals surface area contributed by atoms with Gasteiger partial charge in [0.15, 0.2) is 5.17 Å². The van der Waals surface area contributed by atoms with Gasteiger partial charge in [-0.1, -0.05) is 11.8 Å². The molecule has 2 heterocycles. The minimum atomic E-state index is 0.525. The van der Waals surface area contributed by atoms with Crippen molar-refractivity contribution >= 4 is 16.9 Å². The second kappa shape index (κ2) is 7.99. The minimum absolute atomic E-state index is 0.525. The van der Waals surface area contributed by atoms with Crippen molar-refractivity contribution in [2.45, 2.75) is 12.5 Å². The van der Waals surface area contributed by atoms with Crippen molar-refractivity contribution in [2.75, 3.05) is 58.9 Å². The summed E-state index contributed by atoms with van der Waals surface area (Å²) >= 11 is 1.83. The minimum Gasteiger partial charge on any atom is -0.385 e. The molecule has 104 valence electrons. The van der Waals surface area contributed by atoms with E-state index in [9.17, 15) is 0 Å². The predicted molar refractivity (Wildman–Crippen MR) is 75.4 cm³/mol. The van der Waals surface area contributed by atoms with Crippen molar-refractivity contribution in [3.63, 3.8) is 0 Å². The van der Waals surface area contributed by atoms with E-state index in [-0.39, 0.29) is 0 Å². The fourth-order valence-corrected chi connectivity index (χ4v) is 3.10. The molecule has 2 aliphatic heterocycles. The number of hydrogen-bond acceptors (Lipinski definition) is 5. The Balaban J connectivity index is 1.61. The topological polar surface area (TPSA) is 46.1 Å². The number of aliphatic imine (C=N–C) groups is 1. The molecule has 0 saturated carbocycles. The first-order chi connectivity index (χ1) is 8.88. The zero-order chi connectivity index (χ0) is 12.6. The fourth-order valence-electron chi connectivity index (χ4n) is 2.06. The van der Waals surface area contributed by atoms with Gasteiger partial charge in [0.25, 0.3) is 0 Å². The molecule has 1 atom stereocenters. The first-order valence-electron chi connectivity index (χ1n) is 6.61. The second-order valence-electron chi connectivity index (χ2n) is 4.57. The van der Waals surface area contributed by atoms with Gasteiger partial charge in [-0.15, -0.1) is 0 Å². The van der Waals surface area contributed by atoms with Crippen LogP contribution in [0, 0.1) is 0 Å². The molecule has 1 unspecified atom stereocenters. The van der Waals surface area contributed by atoms with E-state index >= 15 is 0 Å². The lowest BCUT2D eigenvalue weighted by Gasteiger charge is -2.25. The van der Waals surface area contributed by atoms with Gasteiger partial charge in [-0.3, -0.25) is 9.89 Å². The molecule has 0 spiro atoms. The highest BCUT2D eigenvalue weighted by molar-refractivity contribution is 8.14. The van der Waals surface area contributed by atoms with Crippen molar-refractivity contribution in [2.24, 2.45) is 4.99 Å². The number of thioether (sulfide) groups is 1. The summed E-state index contributed by atoms with van der Waals surface area (Å²) in [5.74, 6) is 1.11. The van der Waals surface area contributed by atoms with Gasteiger partial charge in [-0.25, -0.2) is 0 Å². The third-order valence-corrected chi connectivity index (χ3v) is 4.28. The third-order valence-electron chi connectivity index (χ3n) is 3.19. The molecule has 2 saturated heterocycles. The molecule has 2 aliphatic rings. The van der Waals surface area contributed by atoms with Crippen LogP contribution >= 0.6 is 11.8 Å². The van der Waals surface area contributed by atoms with Crippen molar-refractivity contribution in [1.29, 1.82) is 0 Å². The second-order valence-corrected chi connectivity index (χ2v) is 5.58. The van der Waals surface area contributed by atoms with Crippen LogP contribution in [0.3, 0.4) is 0 Å². The molecule has 0 aromatic carbocycles. The summed E-state index contributed by atoms with van der Waals surface area (Å²) in [5.41, 5.74) is 0. The Morgan fingerprint density at radius 1 is 1.50 bits per heavy atom. The van der Waals surface area contributed by atoms with Crippen LogP contribution in [0.15, 0.2) is 4.99 Å². The molecule has 0 aromatic rings. The number of amidine groups is 1. The lowest BCUT2D eigenvalue weighted by Crippen LogP contribution is -2.38. The van der Waals surface area contributed by atoms with Crippen LogP contribution in [0.25, 0.3) is 0 Å². The van der Waals surface area contributed by atoms with Gasteiger partial charge in [0.05, 0.1) is 19.8 Å². The first kappa shape index (κ1) is 14.1. The molecule has 0 amide bonds. The quantitative estimate of drug-likeness (QED) is 0.760. The average Bonchev–Trinajstić information content (AvgIpc) is 2.85. The lowest BCUT2D eigenvalue weighted by atomic mass is 10.2. The van der Waals surface area contributed by atoms with Gasteiger partial charge in [0.2, 0.25) is 0 Å². The van der Waals surface area contributed by atoms with Crippen molar-refractivity contribution < 1.29 is 9.47 Å². The van der Waals surface area contributed by atoms with E-state index < -0.39 is 0 Å². The zero-order valence-corrected chi connectivity index (χ0v) is 11.9. The number of methoxy groups -OCH3 is 1. The molecule has 2 rings (SSSR count). The molecule has 18 heavy (non-hydrogen) atoms. The average molecular weight is 273 g/mol. The Kier molecular flexibility index (Phi) is 6.26. The fraction of sp³-hybridized carbons (Fsp3) is 0.917. The van der Waals surface area contributed by atoms with Crippen LogP contribution in [-0.4, -0.2) is 75.0 Å². The van der Waals surface area contributed by atoms with Crippen LogP contribution in [0.5, 0.6) is 0 Å². The summed E-state index contributed by atoms with van der Waals surface area (Å²) in [6.07, 6.45) is 1.06. The lowest BCUT2D eigenvalue weighted by molar-refractivity contribution is 0.0394. The normalized spacial score (nSPS) is 27.6. The summed E-state index contributed by atoms with van der Waals surface area (Å²) in [4.78, 5) is 7.03. The van der Waals surface area contributed by atoms with E-state index in [0.29, 0.717) is 6.04 Å². The molecule has 0 bridgehead atoms. The Labute approximate surface area is 113 Å². The van der Waals surface area contributed by atoms with Gasteiger partial charge in [-0.05, 0) is 6.42 Å². The van der Waals surface area contributed by atoms with Gasteiger partial charge in [0, 0.05) is 45.1 Å². The van der Waals surface area contributed by atoms with E-state index in [1.165, 1.54) is 0 Å². The summed E-state index contributed by atoms with van der Waals surface area (Å²) in [6, 6.07) is 0.525. The van der Waals surface area contributed by atoms with E-state index in [1.807, 2.05) is 11.8 Å².